The summed E-state index contributed by atoms with van der Waals surface area (Å²) in [5.74, 6) is 0.529. The molecule has 1 heterocycles. The van der Waals surface area contributed by atoms with Crippen LogP contribution in [0, 0.1) is 18.4 Å². The summed E-state index contributed by atoms with van der Waals surface area (Å²) in [4.78, 5) is 0. The third kappa shape index (κ3) is 1.95. The fourth-order valence-electron chi connectivity index (χ4n) is 0.881. The Balaban J connectivity index is 2.06. The molecule has 50 valence electrons. The monoisotopic (exact) mass is 126 g/mol. The van der Waals surface area contributed by atoms with E-state index in [9.17, 15) is 0 Å². The van der Waals surface area contributed by atoms with Gasteiger partial charge in [-0.05, 0) is 6.42 Å². The van der Waals surface area contributed by atoms with Crippen molar-refractivity contribution in [3.63, 3.8) is 0 Å². The normalized spacial score (nSPS) is 25.4. The van der Waals surface area contributed by atoms with Crippen molar-refractivity contribution in [1.29, 1.82) is 0 Å². The molecule has 9 heavy (non-hydrogen) atoms. The van der Waals surface area contributed by atoms with Gasteiger partial charge in [-0.3, -0.25) is 0 Å². The van der Waals surface area contributed by atoms with E-state index >= 15 is 0 Å². The first kappa shape index (κ1) is 6.44. The molecule has 0 amide bonds. The maximum absolute atomic E-state index is 5.11. The Kier molecular flexibility index (Phi) is 2.41. The van der Waals surface area contributed by atoms with Crippen LogP contribution in [0.25, 0.3) is 0 Å². The molecular formula is C7H10O2. The standard InChI is InChI=1S/C7H10O2/c1-2-8-5-7-3-4-9-6-7/h1,7H,3-6H2. The van der Waals surface area contributed by atoms with Gasteiger partial charge in [0.05, 0.1) is 6.61 Å². The first-order valence-electron chi connectivity index (χ1n) is 3.08. The Bertz CT molecular complexity index is 109. The Morgan fingerprint density at radius 1 is 1.78 bits per heavy atom. The maximum Gasteiger partial charge on any atom is 0.106 e. The van der Waals surface area contributed by atoms with Crippen LogP contribution in [-0.4, -0.2) is 19.8 Å². The minimum atomic E-state index is 0.529. The van der Waals surface area contributed by atoms with Gasteiger partial charge in [0.15, 0.2) is 0 Å². The van der Waals surface area contributed by atoms with Gasteiger partial charge < -0.3 is 9.47 Å². The van der Waals surface area contributed by atoms with Crippen molar-refractivity contribution < 1.29 is 9.47 Å². The highest BCUT2D eigenvalue weighted by Crippen LogP contribution is 2.11. The highest BCUT2D eigenvalue weighted by molar-refractivity contribution is 4.71. The molecule has 0 aromatic rings. The summed E-state index contributed by atoms with van der Waals surface area (Å²) in [6.45, 7) is 2.32. The van der Waals surface area contributed by atoms with Crippen molar-refractivity contribution >= 4 is 0 Å². The summed E-state index contributed by atoms with van der Waals surface area (Å²) in [7, 11) is 0. The molecule has 2 heteroatoms. The highest BCUT2D eigenvalue weighted by Gasteiger charge is 2.15. The summed E-state index contributed by atoms with van der Waals surface area (Å²) in [6, 6.07) is 0. The number of hydrogen-bond acceptors (Lipinski definition) is 2. The van der Waals surface area contributed by atoms with E-state index in [0.29, 0.717) is 12.5 Å². The van der Waals surface area contributed by atoms with E-state index in [1.165, 1.54) is 0 Å². The van der Waals surface area contributed by atoms with Gasteiger partial charge in [0.2, 0.25) is 0 Å². The smallest absolute Gasteiger partial charge is 0.106 e. The van der Waals surface area contributed by atoms with Crippen molar-refractivity contribution in [2.24, 2.45) is 5.92 Å². The summed E-state index contributed by atoms with van der Waals surface area (Å²) < 4.78 is 9.87. The molecule has 1 aliphatic rings. The minimum Gasteiger partial charge on any atom is -0.446 e. The summed E-state index contributed by atoms with van der Waals surface area (Å²) in [6.07, 6.45) is 8.12. The molecule has 0 N–H and O–H groups in total. The van der Waals surface area contributed by atoms with Crippen LogP contribution in [0.4, 0.5) is 0 Å². The van der Waals surface area contributed by atoms with Crippen LogP contribution in [-0.2, 0) is 9.47 Å². The predicted octanol–water partition coefficient (Wildman–Crippen LogP) is 0.630. The second kappa shape index (κ2) is 3.37. The van der Waals surface area contributed by atoms with Crippen LogP contribution in [0.5, 0.6) is 0 Å². The van der Waals surface area contributed by atoms with Gasteiger partial charge in [-0.1, -0.05) is 6.42 Å². The Morgan fingerprint density at radius 2 is 2.67 bits per heavy atom. The van der Waals surface area contributed by atoms with Crippen molar-refractivity contribution in [3.8, 4) is 12.5 Å². The average molecular weight is 126 g/mol. The minimum absolute atomic E-state index is 0.529. The molecule has 0 radical (unpaired) electrons. The van der Waals surface area contributed by atoms with E-state index in [1.807, 2.05) is 0 Å². The molecular weight excluding hydrogens is 116 g/mol. The third-order valence-corrected chi connectivity index (χ3v) is 1.43. The summed E-state index contributed by atoms with van der Waals surface area (Å²) in [5, 5.41) is 0. The molecule has 1 rings (SSSR count). The molecule has 0 aliphatic carbocycles. The van der Waals surface area contributed by atoms with Gasteiger partial charge in [-0.25, -0.2) is 0 Å². The van der Waals surface area contributed by atoms with E-state index in [0.717, 1.165) is 19.6 Å². The fourth-order valence-corrected chi connectivity index (χ4v) is 0.881. The van der Waals surface area contributed by atoms with Crippen LogP contribution in [0.3, 0.4) is 0 Å². The van der Waals surface area contributed by atoms with Crippen LogP contribution in [0.2, 0.25) is 0 Å². The van der Waals surface area contributed by atoms with E-state index in [2.05, 4.69) is 6.11 Å². The topological polar surface area (TPSA) is 18.5 Å². The molecule has 0 saturated carbocycles. The Hall–Kier alpha value is -0.680. The zero-order valence-corrected chi connectivity index (χ0v) is 5.30. The SMILES string of the molecule is C#COCC1CCOC1. The lowest BCUT2D eigenvalue weighted by molar-refractivity contribution is 0.158. The van der Waals surface area contributed by atoms with E-state index in [-0.39, 0.29) is 0 Å². The lowest BCUT2D eigenvalue weighted by atomic mass is 10.1. The molecule has 2 nitrogen and oxygen atoms in total. The zero-order valence-electron chi connectivity index (χ0n) is 5.30. The number of terminal acetylenes is 1. The fraction of sp³-hybridized carbons (Fsp3) is 0.714. The van der Waals surface area contributed by atoms with Crippen molar-refractivity contribution in [2.45, 2.75) is 6.42 Å². The van der Waals surface area contributed by atoms with Crippen LogP contribution in [0.1, 0.15) is 6.42 Å². The molecule has 1 fully saturated rings. The van der Waals surface area contributed by atoms with Gasteiger partial charge >= 0.3 is 0 Å². The van der Waals surface area contributed by atoms with Gasteiger partial charge in [-0.15, -0.1) is 0 Å². The Morgan fingerprint density at radius 3 is 3.22 bits per heavy atom. The molecule has 0 aromatic carbocycles. The Labute approximate surface area is 55.1 Å². The second-order valence-electron chi connectivity index (χ2n) is 2.16. The molecule has 0 spiro atoms. The molecule has 1 atom stereocenters. The molecule has 0 bridgehead atoms. The summed E-state index contributed by atoms with van der Waals surface area (Å²) in [5.41, 5.74) is 0. The third-order valence-electron chi connectivity index (χ3n) is 1.43. The predicted molar refractivity (Wildman–Crippen MR) is 33.7 cm³/mol. The lowest BCUT2D eigenvalue weighted by Crippen LogP contribution is -2.06. The first-order chi connectivity index (χ1) is 4.43. The van der Waals surface area contributed by atoms with Gasteiger partial charge in [0, 0.05) is 12.5 Å². The number of hydrogen-bond donors (Lipinski definition) is 0. The average Bonchev–Trinajstić information content (AvgIpc) is 2.34. The largest absolute Gasteiger partial charge is 0.446 e. The maximum atomic E-state index is 5.11. The molecule has 1 aliphatic heterocycles. The van der Waals surface area contributed by atoms with Gasteiger partial charge in [-0.2, -0.15) is 0 Å². The van der Waals surface area contributed by atoms with Crippen LogP contribution in [0.15, 0.2) is 0 Å². The molecule has 0 aromatic heterocycles. The van der Waals surface area contributed by atoms with Crippen molar-refractivity contribution in [1.82, 2.24) is 0 Å². The van der Waals surface area contributed by atoms with E-state index < -0.39 is 0 Å². The number of ether oxygens (including phenoxy) is 2. The van der Waals surface area contributed by atoms with Crippen LogP contribution >= 0.6 is 0 Å². The van der Waals surface area contributed by atoms with Crippen molar-refractivity contribution in [2.75, 3.05) is 19.8 Å². The van der Waals surface area contributed by atoms with Crippen molar-refractivity contribution in [3.05, 3.63) is 0 Å². The number of rotatable bonds is 2. The van der Waals surface area contributed by atoms with E-state index in [1.54, 1.807) is 0 Å². The zero-order chi connectivity index (χ0) is 6.53. The molecule has 1 saturated heterocycles. The highest BCUT2D eigenvalue weighted by atomic mass is 16.5. The molecule has 1 unspecified atom stereocenters. The first-order valence-corrected chi connectivity index (χ1v) is 3.08. The van der Waals surface area contributed by atoms with Crippen LogP contribution < -0.4 is 0 Å². The lowest BCUT2D eigenvalue weighted by Gasteiger charge is -2.02. The van der Waals surface area contributed by atoms with Gasteiger partial charge in [0.1, 0.15) is 12.7 Å². The van der Waals surface area contributed by atoms with E-state index in [4.69, 9.17) is 15.9 Å². The second-order valence-corrected chi connectivity index (χ2v) is 2.16. The quantitative estimate of drug-likeness (QED) is 0.505. The van der Waals surface area contributed by atoms with Gasteiger partial charge in [0.25, 0.3) is 0 Å². The summed E-state index contributed by atoms with van der Waals surface area (Å²) >= 11 is 0.